The Hall–Kier alpha value is -1.16. The topological polar surface area (TPSA) is 69.6 Å². The Morgan fingerprint density at radius 2 is 1.83 bits per heavy atom. The van der Waals surface area contributed by atoms with Crippen molar-refractivity contribution in [3.63, 3.8) is 0 Å². The van der Waals surface area contributed by atoms with Crippen LogP contribution >= 0.6 is 0 Å². The number of piperazine rings is 1. The van der Waals surface area contributed by atoms with Crippen LogP contribution in [0.5, 0.6) is 0 Å². The minimum absolute atomic E-state index is 0.0898. The maximum Gasteiger partial charge on any atom is 0.421 e. The molecular weight excluding hydrogens is 333 g/mol. The van der Waals surface area contributed by atoms with Crippen LogP contribution in [0.1, 0.15) is 19.4 Å². The lowest BCUT2D eigenvalue weighted by atomic mass is 9.96. The van der Waals surface area contributed by atoms with E-state index in [1.54, 1.807) is 6.92 Å². The maximum atomic E-state index is 12.8. The Morgan fingerprint density at radius 1 is 1.26 bits per heavy atom. The number of nitrogens with zero attached hydrogens (tertiary/aromatic N) is 1. The van der Waals surface area contributed by atoms with E-state index < -0.39 is 27.4 Å². The lowest BCUT2D eigenvalue weighted by Gasteiger charge is -2.33. The summed E-state index contributed by atoms with van der Waals surface area (Å²) in [6, 6.07) is 3.94. The SMILES string of the molecule is CC1CNCCN1S(=O)(=O)c1ccc(C(C)(O)C(F)(F)F)cc1. The van der Waals surface area contributed by atoms with Gasteiger partial charge in [-0.25, -0.2) is 8.42 Å². The Kier molecular flexibility index (Phi) is 4.78. The molecule has 9 heteroatoms. The lowest BCUT2D eigenvalue weighted by Crippen LogP contribution is -2.52. The minimum atomic E-state index is -4.85. The van der Waals surface area contributed by atoms with E-state index in [2.05, 4.69) is 5.32 Å². The van der Waals surface area contributed by atoms with Crippen LogP contribution in [-0.4, -0.2) is 49.7 Å². The summed E-state index contributed by atoms with van der Waals surface area (Å²) in [6.07, 6.45) is -4.85. The molecule has 23 heavy (non-hydrogen) atoms. The van der Waals surface area contributed by atoms with Crippen molar-refractivity contribution in [3.8, 4) is 0 Å². The third kappa shape index (κ3) is 3.37. The van der Waals surface area contributed by atoms with Crippen molar-refractivity contribution >= 4 is 10.0 Å². The number of alkyl halides is 3. The van der Waals surface area contributed by atoms with Gasteiger partial charge in [-0.2, -0.15) is 17.5 Å². The van der Waals surface area contributed by atoms with Crippen LogP contribution in [0.15, 0.2) is 29.2 Å². The molecule has 1 saturated heterocycles. The number of hydrogen-bond donors (Lipinski definition) is 2. The van der Waals surface area contributed by atoms with Crippen molar-refractivity contribution in [2.24, 2.45) is 0 Å². The molecule has 5 nitrogen and oxygen atoms in total. The summed E-state index contributed by atoms with van der Waals surface area (Å²) in [5.74, 6) is 0. The number of nitrogens with one attached hydrogen (secondary N) is 1. The molecule has 2 atom stereocenters. The second-order valence-electron chi connectivity index (χ2n) is 5.76. The van der Waals surface area contributed by atoms with Crippen LogP contribution in [0, 0.1) is 0 Å². The molecule has 130 valence electrons. The number of sulfonamides is 1. The van der Waals surface area contributed by atoms with Crippen molar-refractivity contribution in [2.75, 3.05) is 19.6 Å². The minimum Gasteiger partial charge on any atom is -0.376 e. The quantitative estimate of drug-likeness (QED) is 0.864. The van der Waals surface area contributed by atoms with Crippen molar-refractivity contribution in [1.82, 2.24) is 9.62 Å². The molecule has 0 amide bonds. The van der Waals surface area contributed by atoms with Crippen LogP contribution in [0.4, 0.5) is 13.2 Å². The van der Waals surface area contributed by atoms with E-state index in [1.165, 1.54) is 4.31 Å². The van der Waals surface area contributed by atoms with Crippen molar-refractivity contribution in [1.29, 1.82) is 0 Å². The summed E-state index contributed by atoms with van der Waals surface area (Å²) >= 11 is 0. The molecular formula is C14H19F3N2O3S. The van der Waals surface area contributed by atoms with Gasteiger partial charge in [0.2, 0.25) is 10.0 Å². The summed E-state index contributed by atoms with van der Waals surface area (Å²) < 4.78 is 64.9. The lowest BCUT2D eigenvalue weighted by molar-refractivity contribution is -0.258. The number of benzene rings is 1. The highest BCUT2D eigenvalue weighted by Crippen LogP contribution is 2.38. The average Bonchev–Trinajstić information content (AvgIpc) is 2.46. The van der Waals surface area contributed by atoms with Gasteiger partial charge in [0.05, 0.1) is 4.90 Å². The monoisotopic (exact) mass is 352 g/mol. The highest BCUT2D eigenvalue weighted by Gasteiger charge is 2.51. The fourth-order valence-corrected chi connectivity index (χ4v) is 4.06. The first-order valence-corrected chi connectivity index (χ1v) is 8.54. The van der Waals surface area contributed by atoms with Crippen molar-refractivity contribution in [3.05, 3.63) is 29.8 Å². The Labute approximate surface area is 133 Å². The average molecular weight is 352 g/mol. The molecule has 0 saturated carbocycles. The van der Waals surface area contributed by atoms with Crippen LogP contribution < -0.4 is 5.32 Å². The van der Waals surface area contributed by atoms with Gasteiger partial charge in [-0.1, -0.05) is 12.1 Å². The zero-order chi connectivity index (χ0) is 17.5. The van der Waals surface area contributed by atoms with Crippen molar-refractivity contribution in [2.45, 2.75) is 36.6 Å². The summed E-state index contributed by atoms with van der Waals surface area (Å²) in [5.41, 5.74) is -3.44. The fourth-order valence-electron chi connectivity index (χ4n) is 2.43. The normalized spacial score (nSPS) is 23.5. The first kappa shape index (κ1) is 18.2. The highest BCUT2D eigenvalue weighted by molar-refractivity contribution is 7.89. The van der Waals surface area contributed by atoms with Gasteiger partial charge in [-0.05, 0) is 31.5 Å². The largest absolute Gasteiger partial charge is 0.421 e. The predicted octanol–water partition coefficient (Wildman–Crippen LogP) is 1.44. The van der Waals surface area contributed by atoms with Gasteiger partial charge in [-0.3, -0.25) is 0 Å². The van der Waals surface area contributed by atoms with Gasteiger partial charge in [0.25, 0.3) is 0 Å². The van der Waals surface area contributed by atoms with Crippen LogP contribution in [0.2, 0.25) is 0 Å². The summed E-state index contributed by atoms with van der Waals surface area (Å²) in [7, 11) is -3.78. The van der Waals surface area contributed by atoms with Gasteiger partial charge in [-0.15, -0.1) is 0 Å². The van der Waals surface area contributed by atoms with E-state index in [9.17, 15) is 26.7 Å². The Balaban J connectivity index is 2.32. The van der Waals surface area contributed by atoms with E-state index in [4.69, 9.17) is 0 Å². The molecule has 0 spiro atoms. The van der Waals surface area contributed by atoms with Gasteiger partial charge >= 0.3 is 6.18 Å². The molecule has 1 fully saturated rings. The molecule has 0 aliphatic carbocycles. The predicted molar refractivity (Wildman–Crippen MR) is 78.3 cm³/mol. The summed E-state index contributed by atoms with van der Waals surface area (Å²) in [5, 5.41) is 12.7. The van der Waals surface area contributed by atoms with Gasteiger partial charge in [0.1, 0.15) is 0 Å². The van der Waals surface area contributed by atoms with E-state index in [0.29, 0.717) is 26.6 Å². The smallest absolute Gasteiger partial charge is 0.376 e. The maximum absolute atomic E-state index is 12.8. The number of halogens is 3. The van der Waals surface area contributed by atoms with E-state index in [0.717, 1.165) is 24.3 Å². The molecule has 0 bridgehead atoms. The molecule has 2 unspecified atom stereocenters. The molecule has 1 aliphatic heterocycles. The molecule has 0 aromatic heterocycles. The first-order chi connectivity index (χ1) is 10.5. The molecule has 1 aromatic rings. The van der Waals surface area contributed by atoms with E-state index in [1.807, 2.05) is 0 Å². The second kappa shape index (κ2) is 6.04. The van der Waals surface area contributed by atoms with Crippen LogP contribution in [-0.2, 0) is 15.6 Å². The molecule has 2 rings (SSSR count). The number of hydrogen-bond acceptors (Lipinski definition) is 4. The molecule has 2 N–H and O–H groups in total. The Bertz CT molecular complexity index is 657. The van der Waals surface area contributed by atoms with E-state index >= 15 is 0 Å². The molecule has 1 aliphatic rings. The van der Waals surface area contributed by atoms with E-state index in [-0.39, 0.29) is 10.9 Å². The molecule has 1 aromatic carbocycles. The van der Waals surface area contributed by atoms with Gasteiger partial charge in [0, 0.05) is 25.7 Å². The fraction of sp³-hybridized carbons (Fsp3) is 0.571. The van der Waals surface area contributed by atoms with Crippen LogP contribution in [0.25, 0.3) is 0 Å². The number of aliphatic hydroxyl groups is 1. The Morgan fingerprint density at radius 3 is 2.30 bits per heavy atom. The summed E-state index contributed by atoms with van der Waals surface area (Å²) in [6.45, 7) is 3.72. The zero-order valence-electron chi connectivity index (χ0n) is 12.8. The summed E-state index contributed by atoms with van der Waals surface area (Å²) in [4.78, 5) is -0.0898. The van der Waals surface area contributed by atoms with Crippen molar-refractivity contribution < 1.29 is 26.7 Å². The first-order valence-electron chi connectivity index (χ1n) is 7.10. The molecule has 0 radical (unpaired) electrons. The van der Waals surface area contributed by atoms with Crippen LogP contribution in [0.3, 0.4) is 0 Å². The van der Waals surface area contributed by atoms with Gasteiger partial charge < -0.3 is 10.4 Å². The molecule has 1 heterocycles. The highest BCUT2D eigenvalue weighted by atomic mass is 32.2. The second-order valence-corrected chi connectivity index (χ2v) is 7.65. The third-order valence-electron chi connectivity index (χ3n) is 4.02. The third-order valence-corrected chi connectivity index (χ3v) is 6.04. The zero-order valence-corrected chi connectivity index (χ0v) is 13.6. The standard InChI is InChI=1S/C14H19F3N2O3S/c1-10-9-18-7-8-19(10)23(21,22)12-5-3-11(4-6-12)13(2,20)14(15,16)17/h3-6,10,18,20H,7-9H2,1-2H3. The number of rotatable bonds is 3. The van der Waals surface area contributed by atoms with Gasteiger partial charge in [0.15, 0.2) is 5.60 Å².